The molecule has 0 radical (unpaired) electrons. The summed E-state index contributed by atoms with van der Waals surface area (Å²) in [6, 6.07) is 0. The van der Waals surface area contributed by atoms with Crippen molar-refractivity contribution in [2.75, 3.05) is 30.9 Å². The van der Waals surface area contributed by atoms with Gasteiger partial charge in [0.1, 0.15) is 10.4 Å². The molecule has 1 aliphatic rings. The molecule has 0 amide bonds. The third-order valence-corrected chi connectivity index (χ3v) is 6.94. The Labute approximate surface area is 135 Å². The van der Waals surface area contributed by atoms with E-state index >= 15 is 0 Å². The monoisotopic (exact) mass is 349 g/mol. The normalized spacial score (nSPS) is 20.8. The minimum Gasteiger partial charge on any atom is -0.310 e. The van der Waals surface area contributed by atoms with Crippen molar-refractivity contribution < 1.29 is 8.42 Å². The maximum absolute atomic E-state index is 11.9. The van der Waals surface area contributed by atoms with Gasteiger partial charge in [-0.1, -0.05) is 6.92 Å². The Bertz CT molecular complexity index is 545. The lowest BCUT2D eigenvalue weighted by molar-refractivity contribution is 0.259. The van der Waals surface area contributed by atoms with Crippen LogP contribution in [0, 0.1) is 0 Å². The van der Waals surface area contributed by atoms with E-state index in [9.17, 15) is 8.42 Å². The average Bonchev–Trinajstić information content (AvgIpc) is 2.86. The summed E-state index contributed by atoms with van der Waals surface area (Å²) in [6.07, 6.45) is 2.44. The highest BCUT2D eigenvalue weighted by atomic mass is 32.2. The Morgan fingerprint density at radius 1 is 1.52 bits per heavy atom. The van der Waals surface area contributed by atoms with E-state index < -0.39 is 9.84 Å². The van der Waals surface area contributed by atoms with Gasteiger partial charge in [0.2, 0.25) is 0 Å². The maximum atomic E-state index is 11.9. The van der Waals surface area contributed by atoms with Crippen LogP contribution in [0.1, 0.15) is 24.0 Å². The highest BCUT2D eigenvalue weighted by molar-refractivity contribution is 8.00. The number of thioether (sulfide) groups is 1. The molecule has 21 heavy (non-hydrogen) atoms. The lowest BCUT2D eigenvalue weighted by atomic mass is 10.4. The molecule has 0 aliphatic carbocycles. The Morgan fingerprint density at radius 3 is 3.05 bits per heavy atom. The van der Waals surface area contributed by atoms with Crippen LogP contribution in [-0.4, -0.2) is 54.5 Å². The second kappa shape index (κ2) is 7.92. The Kier molecular flexibility index (Phi) is 6.49. The van der Waals surface area contributed by atoms with Crippen LogP contribution in [-0.2, 0) is 22.9 Å². The highest BCUT2D eigenvalue weighted by Crippen LogP contribution is 2.23. The molecule has 5 nitrogen and oxygen atoms in total. The van der Waals surface area contributed by atoms with Crippen molar-refractivity contribution in [2.24, 2.45) is 0 Å². The number of hydrogen-bond acceptors (Lipinski definition) is 7. The molecule has 1 aromatic heterocycles. The number of aromatic nitrogens is 1. The molecule has 2 rings (SSSR count). The van der Waals surface area contributed by atoms with E-state index in [1.807, 2.05) is 10.3 Å². The fourth-order valence-corrected chi connectivity index (χ4v) is 5.97. The minimum atomic E-state index is -3.04. The van der Waals surface area contributed by atoms with Gasteiger partial charge in [-0.2, -0.15) is 11.8 Å². The van der Waals surface area contributed by atoms with E-state index in [0.29, 0.717) is 12.3 Å². The molecule has 0 saturated carbocycles. The topological polar surface area (TPSA) is 62.3 Å². The largest absolute Gasteiger partial charge is 0.310 e. The standard InChI is InChI=1S/C13H23N3O2S3/c1-3-4-14-7-12-15-11(9-20-12)8-16-5-6-19-10-13(16)21(2,17)18/h9,13-14H,3-8,10H2,1-2H3. The van der Waals surface area contributed by atoms with Gasteiger partial charge < -0.3 is 5.32 Å². The molecule has 1 aliphatic heterocycles. The lowest BCUT2D eigenvalue weighted by Gasteiger charge is -2.33. The van der Waals surface area contributed by atoms with Gasteiger partial charge in [-0.15, -0.1) is 11.3 Å². The zero-order chi connectivity index (χ0) is 15.3. The summed E-state index contributed by atoms with van der Waals surface area (Å²) in [5.41, 5.74) is 0.980. The molecule has 0 aromatic carbocycles. The van der Waals surface area contributed by atoms with E-state index in [2.05, 4.69) is 17.2 Å². The summed E-state index contributed by atoms with van der Waals surface area (Å²) in [7, 11) is -3.04. The smallest absolute Gasteiger partial charge is 0.164 e. The Balaban J connectivity index is 1.96. The van der Waals surface area contributed by atoms with Gasteiger partial charge in [0, 0.05) is 42.8 Å². The average molecular weight is 350 g/mol. The quantitative estimate of drug-likeness (QED) is 0.754. The van der Waals surface area contributed by atoms with Gasteiger partial charge in [-0.25, -0.2) is 13.4 Å². The molecule has 120 valence electrons. The van der Waals surface area contributed by atoms with Crippen LogP contribution in [0.5, 0.6) is 0 Å². The van der Waals surface area contributed by atoms with Crippen LogP contribution in [0.25, 0.3) is 0 Å². The van der Waals surface area contributed by atoms with Gasteiger partial charge in [-0.05, 0) is 13.0 Å². The van der Waals surface area contributed by atoms with Crippen LogP contribution in [0.4, 0.5) is 0 Å². The number of nitrogens with zero attached hydrogens (tertiary/aromatic N) is 2. The molecule has 1 N–H and O–H groups in total. The maximum Gasteiger partial charge on any atom is 0.164 e. The molecule has 1 aromatic rings. The van der Waals surface area contributed by atoms with E-state index in [0.717, 1.165) is 42.5 Å². The zero-order valence-electron chi connectivity index (χ0n) is 12.5. The first-order valence-electron chi connectivity index (χ1n) is 7.15. The Morgan fingerprint density at radius 2 is 2.33 bits per heavy atom. The third kappa shape index (κ3) is 5.21. The molecule has 1 unspecified atom stereocenters. The van der Waals surface area contributed by atoms with Crippen LogP contribution >= 0.6 is 23.1 Å². The summed E-state index contributed by atoms with van der Waals surface area (Å²) in [5, 5.41) is 6.08. The van der Waals surface area contributed by atoms with Crippen molar-refractivity contribution in [3.8, 4) is 0 Å². The summed E-state index contributed by atoms with van der Waals surface area (Å²) in [5.74, 6) is 1.65. The SMILES string of the molecule is CCCNCc1nc(CN2CCSCC2S(C)(=O)=O)cs1. The van der Waals surface area contributed by atoms with Gasteiger partial charge in [0.15, 0.2) is 9.84 Å². The fourth-order valence-electron chi connectivity index (χ4n) is 2.27. The number of thiazole rings is 1. The molecular weight excluding hydrogens is 326 g/mol. The van der Waals surface area contributed by atoms with Crippen LogP contribution in [0.2, 0.25) is 0 Å². The molecule has 2 heterocycles. The first-order chi connectivity index (χ1) is 10.0. The van der Waals surface area contributed by atoms with Gasteiger partial charge in [0.05, 0.1) is 5.69 Å². The summed E-state index contributed by atoms with van der Waals surface area (Å²) < 4.78 is 23.8. The summed E-state index contributed by atoms with van der Waals surface area (Å²) in [4.78, 5) is 6.65. The molecule has 1 saturated heterocycles. The number of nitrogens with one attached hydrogen (secondary N) is 1. The number of sulfone groups is 1. The van der Waals surface area contributed by atoms with Crippen molar-refractivity contribution in [1.82, 2.24) is 15.2 Å². The first kappa shape index (κ1) is 17.2. The third-order valence-electron chi connectivity index (χ3n) is 3.35. The predicted molar refractivity (Wildman–Crippen MR) is 90.5 cm³/mol. The van der Waals surface area contributed by atoms with Crippen molar-refractivity contribution in [3.63, 3.8) is 0 Å². The molecule has 0 spiro atoms. The van der Waals surface area contributed by atoms with Gasteiger partial charge in [-0.3, -0.25) is 4.90 Å². The molecular formula is C13H23N3O2S3. The fraction of sp³-hybridized carbons (Fsp3) is 0.769. The second-order valence-electron chi connectivity index (χ2n) is 5.24. The molecule has 1 atom stereocenters. The molecule has 1 fully saturated rings. The Hall–Kier alpha value is -0.150. The number of hydrogen-bond donors (Lipinski definition) is 1. The van der Waals surface area contributed by atoms with Crippen LogP contribution in [0.15, 0.2) is 5.38 Å². The molecule has 0 bridgehead atoms. The van der Waals surface area contributed by atoms with Crippen molar-refractivity contribution in [2.45, 2.75) is 31.8 Å². The van der Waals surface area contributed by atoms with Crippen molar-refractivity contribution >= 4 is 32.9 Å². The number of rotatable bonds is 7. The van der Waals surface area contributed by atoms with Crippen LogP contribution in [0.3, 0.4) is 0 Å². The predicted octanol–water partition coefficient (Wildman–Crippen LogP) is 1.56. The van der Waals surface area contributed by atoms with Crippen molar-refractivity contribution in [3.05, 3.63) is 16.1 Å². The second-order valence-corrected chi connectivity index (χ2v) is 9.53. The van der Waals surface area contributed by atoms with Gasteiger partial charge >= 0.3 is 0 Å². The summed E-state index contributed by atoms with van der Waals surface area (Å²) in [6.45, 7) is 5.37. The van der Waals surface area contributed by atoms with Crippen LogP contribution < -0.4 is 5.32 Å². The van der Waals surface area contributed by atoms with Gasteiger partial charge in [0.25, 0.3) is 0 Å². The first-order valence-corrected chi connectivity index (χ1v) is 11.1. The minimum absolute atomic E-state index is 0.375. The lowest BCUT2D eigenvalue weighted by Crippen LogP contribution is -2.46. The van der Waals surface area contributed by atoms with Crippen molar-refractivity contribution in [1.29, 1.82) is 0 Å². The zero-order valence-corrected chi connectivity index (χ0v) is 15.0. The van der Waals surface area contributed by atoms with E-state index in [1.165, 1.54) is 6.26 Å². The van der Waals surface area contributed by atoms with E-state index in [1.54, 1.807) is 23.1 Å². The highest BCUT2D eigenvalue weighted by Gasteiger charge is 2.31. The summed E-state index contributed by atoms with van der Waals surface area (Å²) >= 11 is 3.36. The van der Waals surface area contributed by atoms with E-state index in [4.69, 9.17) is 0 Å². The molecule has 8 heteroatoms. The van der Waals surface area contributed by atoms with E-state index in [-0.39, 0.29) is 5.37 Å².